The minimum Gasteiger partial charge on any atom is -0.493 e. The Morgan fingerprint density at radius 2 is 2.30 bits per heavy atom. The fourth-order valence-corrected chi connectivity index (χ4v) is 3.60. The number of aromatic nitrogens is 2. The molecule has 0 unspecified atom stereocenters. The van der Waals surface area contributed by atoms with Gasteiger partial charge < -0.3 is 9.47 Å². The van der Waals surface area contributed by atoms with E-state index in [-0.39, 0.29) is 17.3 Å². The summed E-state index contributed by atoms with van der Waals surface area (Å²) < 4.78 is 13.0. The van der Waals surface area contributed by atoms with Crippen LogP contribution < -0.4 is 4.74 Å². The SMILES string of the molecule is O=C(OCCCn1cccn1)[C@@H]1C[C@@]12CCOc1ccccc12. The van der Waals surface area contributed by atoms with E-state index in [2.05, 4.69) is 11.2 Å². The minimum atomic E-state index is -0.0674. The summed E-state index contributed by atoms with van der Waals surface area (Å²) >= 11 is 0. The second kappa shape index (κ2) is 5.72. The van der Waals surface area contributed by atoms with E-state index in [1.54, 1.807) is 6.20 Å². The van der Waals surface area contributed by atoms with Gasteiger partial charge in [0.15, 0.2) is 0 Å². The van der Waals surface area contributed by atoms with Gasteiger partial charge in [-0.1, -0.05) is 18.2 Å². The summed E-state index contributed by atoms with van der Waals surface area (Å²) in [5.41, 5.74) is 1.12. The quantitative estimate of drug-likeness (QED) is 0.629. The lowest BCUT2D eigenvalue weighted by Gasteiger charge is -2.26. The Balaban J connectivity index is 1.33. The third-order valence-corrected chi connectivity index (χ3v) is 4.92. The Kier molecular flexibility index (Phi) is 3.56. The molecular formula is C18H20N2O3. The van der Waals surface area contributed by atoms with Crippen LogP contribution in [0, 0.1) is 5.92 Å². The maximum absolute atomic E-state index is 12.4. The van der Waals surface area contributed by atoms with E-state index >= 15 is 0 Å². The summed E-state index contributed by atoms with van der Waals surface area (Å²) in [7, 11) is 0. The van der Waals surface area contributed by atoms with Crippen LogP contribution in [-0.4, -0.2) is 29.0 Å². The molecule has 23 heavy (non-hydrogen) atoms. The molecule has 1 aromatic carbocycles. The second-order valence-corrected chi connectivity index (χ2v) is 6.30. The highest BCUT2D eigenvalue weighted by Crippen LogP contribution is 2.60. The van der Waals surface area contributed by atoms with Gasteiger partial charge in [-0.25, -0.2) is 0 Å². The number of para-hydroxylation sites is 1. The van der Waals surface area contributed by atoms with E-state index in [1.807, 2.05) is 35.1 Å². The molecule has 1 aromatic heterocycles. The van der Waals surface area contributed by atoms with Gasteiger partial charge in [0.2, 0.25) is 0 Å². The molecule has 120 valence electrons. The standard InChI is InChI=1S/C18H20N2O3/c21-17(23-11-4-10-20-9-3-8-19-20)15-13-18(15)7-12-22-16-6-2-1-5-14(16)18/h1-3,5-6,8-9,15H,4,7,10-13H2/t15-,18+/m0/s1. The van der Waals surface area contributed by atoms with Crippen molar-refractivity contribution in [3.63, 3.8) is 0 Å². The van der Waals surface area contributed by atoms with E-state index in [0.717, 1.165) is 31.6 Å². The van der Waals surface area contributed by atoms with E-state index in [9.17, 15) is 4.79 Å². The van der Waals surface area contributed by atoms with E-state index in [1.165, 1.54) is 5.56 Å². The van der Waals surface area contributed by atoms with Gasteiger partial charge in [-0.15, -0.1) is 0 Å². The summed E-state index contributed by atoms with van der Waals surface area (Å²) in [4.78, 5) is 12.4. The summed E-state index contributed by atoms with van der Waals surface area (Å²) in [6, 6.07) is 9.95. The maximum Gasteiger partial charge on any atom is 0.309 e. The number of hydrogen-bond donors (Lipinski definition) is 0. The van der Waals surface area contributed by atoms with Crippen molar-refractivity contribution in [3.05, 3.63) is 48.3 Å². The van der Waals surface area contributed by atoms with Crippen LogP contribution >= 0.6 is 0 Å². The lowest BCUT2D eigenvalue weighted by atomic mass is 9.87. The molecule has 2 aromatic rings. The third-order valence-electron chi connectivity index (χ3n) is 4.92. The van der Waals surface area contributed by atoms with Gasteiger partial charge >= 0.3 is 5.97 Å². The van der Waals surface area contributed by atoms with Gasteiger partial charge in [-0.2, -0.15) is 5.10 Å². The Labute approximate surface area is 135 Å². The van der Waals surface area contributed by atoms with Crippen molar-refractivity contribution in [2.24, 2.45) is 5.92 Å². The van der Waals surface area contributed by atoms with Crippen LogP contribution in [0.15, 0.2) is 42.7 Å². The molecule has 2 aliphatic rings. The molecule has 5 nitrogen and oxygen atoms in total. The van der Waals surface area contributed by atoms with Crippen LogP contribution in [0.1, 0.15) is 24.8 Å². The highest BCUT2D eigenvalue weighted by molar-refractivity contribution is 5.80. The first kappa shape index (κ1) is 14.3. The number of carbonyl (C=O) groups is 1. The molecule has 1 aliphatic heterocycles. The molecule has 0 radical (unpaired) electrons. The summed E-state index contributed by atoms with van der Waals surface area (Å²) in [5, 5.41) is 4.14. The molecule has 0 N–H and O–H groups in total. The molecule has 4 rings (SSSR count). The van der Waals surface area contributed by atoms with Gasteiger partial charge in [-0.3, -0.25) is 9.48 Å². The number of carbonyl (C=O) groups excluding carboxylic acids is 1. The van der Waals surface area contributed by atoms with Gasteiger partial charge in [0.1, 0.15) is 5.75 Å². The molecule has 1 fully saturated rings. The molecular weight excluding hydrogens is 292 g/mol. The predicted octanol–water partition coefficient (Wildman–Crippen LogP) is 2.56. The van der Waals surface area contributed by atoms with E-state index in [4.69, 9.17) is 9.47 Å². The first-order valence-electron chi connectivity index (χ1n) is 8.16. The minimum absolute atomic E-state index is 0.0164. The lowest BCUT2D eigenvalue weighted by molar-refractivity contribution is -0.146. The number of benzene rings is 1. The molecule has 0 amide bonds. The second-order valence-electron chi connectivity index (χ2n) is 6.30. The zero-order valence-corrected chi connectivity index (χ0v) is 13.0. The Hall–Kier alpha value is -2.30. The first-order valence-corrected chi connectivity index (χ1v) is 8.16. The molecule has 0 bridgehead atoms. The highest BCUT2D eigenvalue weighted by atomic mass is 16.5. The number of rotatable bonds is 5. The molecule has 2 heterocycles. The number of esters is 1. The zero-order valence-electron chi connectivity index (χ0n) is 13.0. The average molecular weight is 312 g/mol. The van der Waals surface area contributed by atoms with Gasteiger partial charge in [0.05, 0.1) is 19.1 Å². The van der Waals surface area contributed by atoms with Crippen molar-refractivity contribution in [1.29, 1.82) is 0 Å². The van der Waals surface area contributed by atoms with Crippen LogP contribution in [0.3, 0.4) is 0 Å². The molecule has 5 heteroatoms. The van der Waals surface area contributed by atoms with E-state index < -0.39 is 0 Å². The number of fused-ring (bicyclic) bond motifs is 2. The van der Waals surface area contributed by atoms with Crippen molar-refractivity contribution < 1.29 is 14.3 Å². The number of aryl methyl sites for hydroxylation is 1. The van der Waals surface area contributed by atoms with Crippen LogP contribution in [0.5, 0.6) is 5.75 Å². The average Bonchev–Trinajstić information content (AvgIpc) is 3.05. The largest absolute Gasteiger partial charge is 0.493 e. The van der Waals surface area contributed by atoms with Gasteiger partial charge in [0.25, 0.3) is 0 Å². The molecule has 2 atom stereocenters. The van der Waals surface area contributed by atoms with Crippen molar-refractivity contribution in [2.75, 3.05) is 13.2 Å². The Morgan fingerprint density at radius 3 is 3.17 bits per heavy atom. The van der Waals surface area contributed by atoms with Crippen LogP contribution in [0.2, 0.25) is 0 Å². The molecule has 1 aliphatic carbocycles. The van der Waals surface area contributed by atoms with Gasteiger partial charge in [-0.05, 0) is 25.0 Å². The fraction of sp³-hybridized carbons (Fsp3) is 0.444. The molecule has 1 saturated carbocycles. The smallest absolute Gasteiger partial charge is 0.309 e. The molecule has 0 saturated heterocycles. The van der Waals surface area contributed by atoms with Crippen molar-refractivity contribution in [2.45, 2.75) is 31.2 Å². The fourth-order valence-electron chi connectivity index (χ4n) is 3.60. The number of nitrogens with zero attached hydrogens (tertiary/aromatic N) is 2. The summed E-state index contributed by atoms with van der Waals surface area (Å²) in [6.45, 7) is 1.90. The maximum atomic E-state index is 12.4. The topological polar surface area (TPSA) is 53.4 Å². The number of ether oxygens (including phenoxy) is 2. The normalized spacial score (nSPS) is 24.8. The van der Waals surface area contributed by atoms with Crippen LogP contribution in [0.4, 0.5) is 0 Å². The zero-order chi connectivity index (χ0) is 15.7. The monoisotopic (exact) mass is 312 g/mol. The summed E-state index contributed by atoms with van der Waals surface area (Å²) in [5.74, 6) is 0.840. The van der Waals surface area contributed by atoms with Gasteiger partial charge in [0, 0.05) is 36.3 Å². The van der Waals surface area contributed by atoms with Crippen molar-refractivity contribution in [3.8, 4) is 5.75 Å². The van der Waals surface area contributed by atoms with Crippen LogP contribution in [0.25, 0.3) is 0 Å². The van der Waals surface area contributed by atoms with E-state index in [0.29, 0.717) is 13.2 Å². The Bertz CT molecular complexity index is 698. The van der Waals surface area contributed by atoms with Crippen molar-refractivity contribution in [1.82, 2.24) is 9.78 Å². The first-order chi connectivity index (χ1) is 11.3. The number of hydrogen-bond acceptors (Lipinski definition) is 4. The third kappa shape index (κ3) is 2.60. The predicted molar refractivity (Wildman–Crippen MR) is 84.1 cm³/mol. The highest BCUT2D eigenvalue weighted by Gasteiger charge is 2.61. The Morgan fingerprint density at radius 1 is 1.39 bits per heavy atom. The summed E-state index contributed by atoms with van der Waals surface area (Å²) in [6.07, 6.45) is 6.23. The molecule has 1 spiro atoms. The van der Waals surface area contributed by atoms with Crippen molar-refractivity contribution >= 4 is 5.97 Å². The lowest BCUT2D eigenvalue weighted by Crippen LogP contribution is -2.25. The van der Waals surface area contributed by atoms with Crippen LogP contribution in [-0.2, 0) is 21.5 Å².